The third kappa shape index (κ3) is 5.47. The Morgan fingerprint density at radius 1 is 1.03 bits per heavy atom. The van der Waals surface area contributed by atoms with E-state index in [-0.39, 0.29) is 63.5 Å². The van der Waals surface area contributed by atoms with E-state index in [1.54, 1.807) is 18.2 Å². The number of halogens is 3. The fraction of sp³-hybridized carbons (Fsp3) is 0.192. The van der Waals surface area contributed by atoms with Gasteiger partial charge in [-0.25, -0.2) is 0 Å². The molecule has 1 aromatic heterocycles. The summed E-state index contributed by atoms with van der Waals surface area (Å²) in [4.78, 5) is 16.0. The van der Waals surface area contributed by atoms with Gasteiger partial charge in [0.2, 0.25) is 0 Å². The molecule has 34 heavy (non-hydrogen) atoms. The van der Waals surface area contributed by atoms with E-state index in [0.29, 0.717) is 27.3 Å². The Labute approximate surface area is 241 Å². The molecule has 1 heterocycles. The summed E-state index contributed by atoms with van der Waals surface area (Å²) >= 11 is 1.81. The van der Waals surface area contributed by atoms with Crippen LogP contribution in [0, 0.1) is 0 Å². The molecule has 0 unspecified atom stereocenters. The van der Waals surface area contributed by atoms with Crippen LogP contribution in [0.2, 0.25) is 0 Å². The van der Waals surface area contributed by atoms with Gasteiger partial charge in [-0.05, 0) is 60.2 Å². The number of carboxylic acid groups (broad SMARTS) is 1. The molecule has 1 fully saturated rings. The number of aromatic carboxylic acids is 1. The van der Waals surface area contributed by atoms with E-state index in [2.05, 4.69) is 4.98 Å². The van der Waals surface area contributed by atoms with E-state index in [9.17, 15) is 23.1 Å². The molecule has 168 valence electrons. The number of fused-ring (bicyclic) bond motifs is 1. The average Bonchev–Trinajstić information content (AvgIpc) is 3.50. The van der Waals surface area contributed by atoms with Crippen molar-refractivity contribution in [1.82, 2.24) is 4.98 Å². The SMILES string of the molecule is O=C([O-])c1[nH]c2cccc(Cc3cccc(C(F)(F)F)c3)c2c1-c1ccc(SC2CC2)cc1.[K+]. The van der Waals surface area contributed by atoms with E-state index in [1.165, 1.54) is 18.9 Å². The van der Waals surface area contributed by atoms with Gasteiger partial charge in [-0.2, -0.15) is 13.2 Å². The molecule has 8 heteroatoms. The van der Waals surface area contributed by atoms with Crippen LogP contribution < -0.4 is 56.5 Å². The Bertz CT molecular complexity index is 1340. The average molecular weight is 506 g/mol. The zero-order chi connectivity index (χ0) is 23.2. The molecule has 1 aliphatic carbocycles. The molecule has 0 bridgehead atoms. The normalized spacial score (nSPS) is 13.6. The summed E-state index contributed by atoms with van der Waals surface area (Å²) in [6.07, 6.45) is -1.77. The van der Waals surface area contributed by atoms with Crippen molar-refractivity contribution in [1.29, 1.82) is 0 Å². The number of hydrogen-bond donors (Lipinski definition) is 1. The molecule has 0 spiro atoms. The minimum Gasteiger partial charge on any atom is -0.543 e. The number of carbonyl (C=O) groups excluding carboxylic acids is 1. The Kier molecular flexibility index (Phi) is 7.66. The smallest absolute Gasteiger partial charge is 0.543 e. The van der Waals surface area contributed by atoms with Gasteiger partial charge in [0.1, 0.15) is 0 Å². The minimum atomic E-state index is -4.43. The fourth-order valence-corrected chi connectivity index (χ4v) is 5.12. The van der Waals surface area contributed by atoms with E-state index < -0.39 is 17.7 Å². The fourth-order valence-electron chi connectivity index (χ4n) is 4.07. The summed E-state index contributed by atoms with van der Waals surface area (Å²) in [6, 6.07) is 18.3. The van der Waals surface area contributed by atoms with Crippen LogP contribution >= 0.6 is 11.8 Å². The van der Waals surface area contributed by atoms with Gasteiger partial charge in [0.15, 0.2) is 0 Å². The largest absolute Gasteiger partial charge is 1.00 e. The van der Waals surface area contributed by atoms with E-state index in [0.717, 1.165) is 28.2 Å². The second-order valence-electron chi connectivity index (χ2n) is 8.22. The molecule has 0 radical (unpaired) electrons. The van der Waals surface area contributed by atoms with Gasteiger partial charge in [-0.15, -0.1) is 11.8 Å². The summed E-state index contributed by atoms with van der Waals surface area (Å²) in [6.45, 7) is 0. The number of alkyl halides is 3. The van der Waals surface area contributed by atoms with Gasteiger partial charge in [0.05, 0.1) is 17.2 Å². The van der Waals surface area contributed by atoms with Gasteiger partial charge in [-0.1, -0.05) is 42.5 Å². The molecular weight excluding hydrogens is 486 g/mol. The van der Waals surface area contributed by atoms with E-state index >= 15 is 0 Å². The number of thioether (sulfide) groups is 1. The maximum atomic E-state index is 13.2. The van der Waals surface area contributed by atoms with Crippen molar-refractivity contribution < 1.29 is 74.5 Å². The van der Waals surface area contributed by atoms with Gasteiger partial charge >= 0.3 is 57.6 Å². The molecular formula is C26H19F3KNO2S. The zero-order valence-corrected chi connectivity index (χ0v) is 22.3. The van der Waals surface area contributed by atoms with Crippen LogP contribution in [0.5, 0.6) is 0 Å². The van der Waals surface area contributed by atoms with Gasteiger partial charge in [-0.3, -0.25) is 0 Å². The molecule has 0 saturated heterocycles. The molecule has 0 atom stereocenters. The molecule has 0 aliphatic heterocycles. The quantitative estimate of drug-likeness (QED) is 0.410. The van der Waals surface area contributed by atoms with Gasteiger partial charge in [0.25, 0.3) is 0 Å². The topological polar surface area (TPSA) is 55.9 Å². The predicted molar refractivity (Wildman–Crippen MR) is 121 cm³/mol. The second kappa shape index (κ2) is 10.2. The van der Waals surface area contributed by atoms with Crippen molar-refractivity contribution in [2.75, 3.05) is 0 Å². The van der Waals surface area contributed by atoms with Crippen molar-refractivity contribution in [3.05, 3.63) is 89.1 Å². The molecule has 3 nitrogen and oxygen atoms in total. The first-order chi connectivity index (χ1) is 15.8. The van der Waals surface area contributed by atoms with Crippen molar-refractivity contribution in [3.8, 4) is 11.1 Å². The van der Waals surface area contributed by atoms with E-state index in [4.69, 9.17) is 0 Å². The third-order valence-corrected chi connectivity index (χ3v) is 7.08. The van der Waals surface area contributed by atoms with Gasteiger partial charge < -0.3 is 14.9 Å². The zero-order valence-electron chi connectivity index (χ0n) is 18.4. The molecule has 1 N–H and O–H groups in total. The first-order valence-electron chi connectivity index (χ1n) is 10.6. The number of rotatable bonds is 6. The second-order valence-corrected chi connectivity index (χ2v) is 9.59. The van der Waals surface area contributed by atoms with Crippen LogP contribution in [-0.2, 0) is 12.6 Å². The van der Waals surface area contributed by atoms with Crippen LogP contribution in [0.25, 0.3) is 22.0 Å². The maximum absolute atomic E-state index is 13.2. The molecule has 5 rings (SSSR count). The number of aromatic amines is 1. The molecule has 0 amide bonds. The summed E-state index contributed by atoms with van der Waals surface area (Å²) in [5, 5.41) is 13.3. The van der Waals surface area contributed by atoms with Crippen molar-refractivity contribution in [3.63, 3.8) is 0 Å². The Balaban J connectivity index is 0.00000274. The van der Waals surface area contributed by atoms with Crippen LogP contribution in [0.15, 0.2) is 71.6 Å². The molecule has 4 aromatic rings. The monoisotopic (exact) mass is 505 g/mol. The number of carboxylic acids is 1. The van der Waals surface area contributed by atoms with E-state index in [1.807, 2.05) is 42.1 Å². The maximum Gasteiger partial charge on any atom is 1.00 e. The first-order valence-corrected chi connectivity index (χ1v) is 11.5. The number of carbonyl (C=O) groups is 1. The first kappa shape index (κ1) is 25.5. The summed E-state index contributed by atoms with van der Waals surface area (Å²) in [5.41, 5.74) is 2.31. The number of benzene rings is 3. The predicted octanol–water partition coefficient (Wildman–Crippen LogP) is 3.07. The summed E-state index contributed by atoms with van der Waals surface area (Å²) in [7, 11) is 0. The Morgan fingerprint density at radius 3 is 2.38 bits per heavy atom. The number of hydrogen-bond acceptors (Lipinski definition) is 3. The van der Waals surface area contributed by atoms with Crippen molar-refractivity contribution >= 4 is 28.6 Å². The molecule has 1 aliphatic rings. The summed E-state index contributed by atoms with van der Waals surface area (Å²) in [5.74, 6) is -1.33. The molecule has 1 saturated carbocycles. The van der Waals surface area contributed by atoms with Crippen LogP contribution in [-0.4, -0.2) is 16.2 Å². The standard InChI is InChI=1S/C26H20F3NO2S.K/c27-26(28,29)18-5-1-3-15(14-18)13-17-4-2-6-21-22(17)23(24(30-21)25(31)32)16-7-9-19(10-8-16)33-20-11-12-20;/h1-10,14,20,30H,11-13H2,(H,31,32);/q;+1/p-1. The van der Waals surface area contributed by atoms with Crippen LogP contribution in [0.3, 0.4) is 0 Å². The van der Waals surface area contributed by atoms with Gasteiger partial charge in [0, 0.05) is 26.6 Å². The number of aromatic nitrogens is 1. The Hall–Kier alpha value is -1.55. The number of H-pyrrole nitrogens is 1. The van der Waals surface area contributed by atoms with Crippen molar-refractivity contribution in [2.24, 2.45) is 0 Å². The Morgan fingerprint density at radius 2 is 1.74 bits per heavy atom. The van der Waals surface area contributed by atoms with Crippen LogP contribution in [0.1, 0.15) is 40.0 Å². The van der Waals surface area contributed by atoms with Crippen molar-refractivity contribution in [2.45, 2.75) is 35.6 Å². The summed E-state index contributed by atoms with van der Waals surface area (Å²) < 4.78 is 39.5. The minimum absolute atomic E-state index is 0. The third-order valence-electron chi connectivity index (χ3n) is 5.73. The molecule has 3 aromatic carbocycles. The number of nitrogens with one attached hydrogen (secondary N) is 1. The van der Waals surface area contributed by atoms with Crippen LogP contribution in [0.4, 0.5) is 13.2 Å².